The second-order valence-corrected chi connectivity index (χ2v) is 13.7. The van der Waals surface area contributed by atoms with Crippen molar-refractivity contribution in [1.29, 1.82) is 5.26 Å². The van der Waals surface area contributed by atoms with Crippen molar-refractivity contribution in [3.63, 3.8) is 0 Å². The third-order valence-electron chi connectivity index (χ3n) is 10.7. The number of anilines is 3. The quantitative estimate of drug-likeness (QED) is 0.267. The zero-order chi connectivity index (χ0) is 34.7. The number of carbonyl (C=O) groups excluding carboxylic acids is 2. The lowest BCUT2D eigenvalue weighted by molar-refractivity contribution is -0.130. The Bertz CT molecular complexity index is 1850. The number of aryl methyl sites for hydroxylation is 1. The van der Waals surface area contributed by atoms with Crippen LogP contribution in [0, 0.1) is 11.3 Å². The van der Waals surface area contributed by atoms with Crippen LogP contribution in [0.3, 0.4) is 0 Å². The minimum atomic E-state index is -0.177. The Hall–Kier alpha value is -5.51. The van der Waals surface area contributed by atoms with Gasteiger partial charge in [0.1, 0.15) is 17.5 Å². The summed E-state index contributed by atoms with van der Waals surface area (Å²) in [7, 11) is 3.80. The van der Waals surface area contributed by atoms with Crippen molar-refractivity contribution in [3.8, 4) is 17.2 Å². The van der Waals surface area contributed by atoms with E-state index in [1.165, 1.54) is 0 Å². The van der Waals surface area contributed by atoms with Gasteiger partial charge in [-0.1, -0.05) is 30.3 Å². The van der Waals surface area contributed by atoms with Crippen LogP contribution in [-0.2, 0) is 18.4 Å². The predicted octanol–water partition coefficient (Wildman–Crippen LogP) is 4.87. The summed E-state index contributed by atoms with van der Waals surface area (Å²) in [5, 5.41) is 20.8. The van der Waals surface area contributed by atoms with Gasteiger partial charge < -0.3 is 20.4 Å². The lowest BCUT2D eigenvalue weighted by Gasteiger charge is -2.44. The molecule has 0 atom stereocenters. The summed E-state index contributed by atoms with van der Waals surface area (Å²) in [6.45, 7) is 1.88. The molecule has 2 N–H and O–H groups in total. The van der Waals surface area contributed by atoms with Gasteiger partial charge in [-0.25, -0.2) is 14.8 Å². The van der Waals surface area contributed by atoms with E-state index in [9.17, 15) is 14.9 Å². The summed E-state index contributed by atoms with van der Waals surface area (Å²) in [6.07, 6.45) is 13.5. The number of carbonyl (C=O) groups is 2. The van der Waals surface area contributed by atoms with Crippen LogP contribution in [0.15, 0.2) is 67.3 Å². The molecule has 1 aliphatic carbocycles. The number of aromatic nitrogens is 5. The van der Waals surface area contributed by atoms with Crippen molar-refractivity contribution < 1.29 is 9.59 Å². The Morgan fingerprint density at radius 1 is 0.980 bits per heavy atom. The predicted molar refractivity (Wildman–Crippen MR) is 190 cm³/mol. The molecule has 7 rings (SSSR count). The van der Waals surface area contributed by atoms with E-state index in [4.69, 9.17) is 9.97 Å². The maximum atomic E-state index is 13.8. The number of benzene rings is 1. The smallest absolute Gasteiger partial charge is 0.323 e. The van der Waals surface area contributed by atoms with E-state index in [-0.39, 0.29) is 29.6 Å². The van der Waals surface area contributed by atoms with Crippen LogP contribution in [0.4, 0.5) is 22.4 Å². The van der Waals surface area contributed by atoms with E-state index < -0.39 is 0 Å². The highest BCUT2D eigenvalue weighted by molar-refractivity contribution is 5.91. The number of nitrogens with zero attached hydrogens (tertiary/aromatic N) is 9. The molecule has 50 heavy (non-hydrogen) atoms. The number of urea groups is 1. The molecule has 2 aliphatic heterocycles. The first kappa shape index (κ1) is 33.0. The molecular formula is C37H43N11O2. The third-order valence-corrected chi connectivity index (χ3v) is 10.7. The van der Waals surface area contributed by atoms with Crippen molar-refractivity contribution in [2.75, 3.05) is 35.3 Å². The summed E-state index contributed by atoms with van der Waals surface area (Å²) in [5.41, 5.74) is 3.29. The van der Waals surface area contributed by atoms with Crippen LogP contribution < -0.4 is 20.4 Å². The molecular weight excluding hydrogens is 630 g/mol. The minimum absolute atomic E-state index is 0.0423. The van der Waals surface area contributed by atoms with E-state index in [0.29, 0.717) is 36.1 Å². The molecule has 2 saturated heterocycles. The fourth-order valence-electron chi connectivity index (χ4n) is 7.67. The molecule has 258 valence electrons. The van der Waals surface area contributed by atoms with E-state index in [2.05, 4.69) is 31.7 Å². The van der Waals surface area contributed by atoms with Crippen molar-refractivity contribution in [2.24, 2.45) is 7.05 Å². The Balaban J connectivity index is 1.02. The second-order valence-electron chi connectivity index (χ2n) is 13.7. The van der Waals surface area contributed by atoms with Gasteiger partial charge in [0.15, 0.2) is 5.82 Å². The summed E-state index contributed by atoms with van der Waals surface area (Å²) in [6, 6.07) is 15.9. The standard InChI is InChI=1S/C37H43N11O2/c1-45-25-29(24-42-45)27-8-13-32(39-22-27)48(36(50)41-21-26-6-4-3-5-7-26)31-11-9-30(10-12-31)43-35-40-23-28(20-38)34(44-35)47-18-16-37(17-19-47)15-14-33(49)46(37)2/h3-8,13,22-25,30-31H,9-12,14-19,21H2,1-2H3,(H,41,50)(H,40,43,44)/t30-,31-. The average Bonchev–Trinajstić information content (AvgIpc) is 3.71. The molecule has 3 aromatic heterocycles. The lowest BCUT2D eigenvalue weighted by Crippen LogP contribution is -2.52. The largest absolute Gasteiger partial charge is 0.355 e. The molecule has 3 aliphatic rings. The fraction of sp³-hybridized carbons (Fsp3) is 0.432. The summed E-state index contributed by atoms with van der Waals surface area (Å²) < 4.78 is 1.75. The number of likely N-dealkylation sites (tertiary alicyclic amines) is 1. The van der Waals surface area contributed by atoms with Crippen LogP contribution in [-0.4, -0.2) is 79.3 Å². The highest BCUT2D eigenvalue weighted by Crippen LogP contribution is 2.39. The SMILES string of the molecule is CN1C(=O)CCC12CCN(c1nc(N[C@H]3CC[C@H](N(C(=O)NCc4ccccc4)c4ccc(-c5cnn(C)c5)cn4)CC3)ncc1C#N)CC2. The normalized spacial score (nSPS) is 20.1. The van der Waals surface area contributed by atoms with Gasteiger partial charge in [-0.15, -0.1) is 0 Å². The third kappa shape index (κ3) is 6.83. The molecule has 1 saturated carbocycles. The van der Waals surface area contributed by atoms with Crippen LogP contribution in [0.25, 0.3) is 11.1 Å². The second kappa shape index (κ2) is 14.2. The van der Waals surface area contributed by atoms with Crippen molar-refractivity contribution in [3.05, 3.63) is 78.4 Å². The number of hydrogen-bond donors (Lipinski definition) is 2. The first-order valence-corrected chi connectivity index (χ1v) is 17.4. The van der Waals surface area contributed by atoms with E-state index in [1.807, 2.05) is 67.7 Å². The van der Waals surface area contributed by atoms with E-state index >= 15 is 0 Å². The van der Waals surface area contributed by atoms with Gasteiger partial charge in [-0.05, 0) is 62.6 Å². The number of hydrogen-bond acceptors (Lipinski definition) is 9. The van der Waals surface area contributed by atoms with Gasteiger partial charge in [-0.3, -0.25) is 14.4 Å². The minimum Gasteiger partial charge on any atom is -0.355 e. The van der Waals surface area contributed by atoms with Gasteiger partial charge in [0, 0.05) is 81.3 Å². The monoisotopic (exact) mass is 673 g/mol. The van der Waals surface area contributed by atoms with Gasteiger partial charge in [0.05, 0.1) is 12.4 Å². The van der Waals surface area contributed by atoms with Crippen molar-refractivity contribution in [1.82, 2.24) is 34.9 Å². The van der Waals surface area contributed by atoms with Gasteiger partial charge in [0.25, 0.3) is 0 Å². The molecule has 13 nitrogen and oxygen atoms in total. The number of amides is 3. The number of rotatable bonds is 8. The van der Waals surface area contributed by atoms with Crippen LogP contribution in [0.1, 0.15) is 62.5 Å². The van der Waals surface area contributed by atoms with Crippen LogP contribution in [0.5, 0.6) is 0 Å². The molecule has 3 amide bonds. The first-order chi connectivity index (χ1) is 24.3. The molecule has 0 radical (unpaired) electrons. The Morgan fingerprint density at radius 2 is 1.76 bits per heavy atom. The molecule has 4 aromatic rings. The highest BCUT2D eigenvalue weighted by Gasteiger charge is 2.45. The van der Waals surface area contributed by atoms with E-state index in [1.54, 1.807) is 28.2 Å². The van der Waals surface area contributed by atoms with E-state index in [0.717, 1.165) is 74.7 Å². The molecule has 1 aromatic carbocycles. The maximum Gasteiger partial charge on any atom is 0.323 e. The molecule has 13 heteroatoms. The summed E-state index contributed by atoms with van der Waals surface area (Å²) in [5.74, 6) is 1.96. The Labute approximate surface area is 292 Å². The molecule has 3 fully saturated rings. The van der Waals surface area contributed by atoms with Gasteiger partial charge in [0.2, 0.25) is 11.9 Å². The zero-order valence-corrected chi connectivity index (χ0v) is 28.6. The molecule has 5 heterocycles. The van der Waals surface area contributed by atoms with Crippen LogP contribution >= 0.6 is 0 Å². The first-order valence-electron chi connectivity index (χ1n) is 17.4. The van der Waals surface area contributed by atoms with Gasteiger partial charge in [-0.2, -0.15) is 15.3 Å². The topological polar surface area (TPSA) is 148 Å². The van der Waals surface area contributed by atoms with Crippen molar-refractivity contribution in [2.45, 2.75) is 75.5 Å². The number of nitriles is 1. The zero-order valence-electron chi connectivity index (χ0n) is 28.6. The lowest BCUT2D eigenvalue weighted by atomic mass is 9.85. The number of pyridine rings is 1. The maximum absolute atomic E-state index is 13.8. The Morgan fingerprint density at radius 3 is 2.40 bits per heavy atom. The van der Waals surface area contributed by atoms with Crippen LogP contribution in [0.2, 0.25) is 0 Å². The molecule has 1 spiro atoms. The number of nitrogens with one attached hydrogen (secondary N) is 2. The molecule has 0 unspecified atom stereocenters. The average molecular weight is 674 g/mol. The molecule has 0 bridgehead atoms. The fourth-order valence-corrected chi connectivity index (χ4v) is 7.67. The van der Waals surface area contributed by atoms with Crippen molar-refractivity contribution >= 4 is 29.5 Å². The summed E-state index contributed by atoms with van der Waals surface area (Å²) in [4.78, 5) is 46.0. The number of piperidine rings is 1. The summed E-state index contributed by atoms with van der Waals surface area (Å²) >= 11 is 0. The Kier molecular flexibility index (Phi) is 9.34. The highest BCUT2D eigenvalue weighted by atomic mass is 16.2. The van der Waals surface area contributed by atoms with Gasteiger partial charge >= 0.3 is 6.03 Å².